The Hall–Kier alpha value is -3.46. The third-order valence-corrected chi connectivity index (χ3v) is 6.51. The number of fused-ring (bicyclic) bond motifs is 1. The lowest BCUT2D eigenvalue weighted by molar-refractivity contribution is -0.136. The van der Waals surface area contributed by atoms with Crippen molar-refractivity contribution in [3.8, 4) is 0 Å². The first kappa shape index (κ1) is 24.7. The maximum atomic E-state index is 13.2. The Labute approximate surface area is 217 Å². The quantitative estimate of drug-likeness (QED) is 0.109. The van der Waals surface area contributed by atoms with Gasteiger partial charge in [-0.25, -0.2) is 14.6 Å². The van der Waals surface area contributed by atoms with Crippen molar-refractivity contribution in [3.63, 3.8) is 0 Å². The minimum absolute atomic E-state index is 0.0609. The van der Waals surface area contributed by atoms with Crippen LogP contribution in [0.25, 0.3) is 11.0 Å². The first-order valence-electron chi connectivity index (χ1n) is 11.4. The largest absolute Gasteiger partial charge is 0.456 e. The van der Waals surface area contributed by atoms with Crippen molar-refractivity contribution in [2.24, 2.45) is 4.99 Å². The summed E-state index contributed by atoms with van der Waals surface area (Å²) in [6.45, 7) is 5.88. The van der Waals surface area contributed by atoms with Crippen LogP contribution >= 0.6 is 22.6 Å². The fourth-order valence-electron chi connectivity index (χ4n) is 3.72. The van der Waals surface area contributed by atoms with Gasteiger partial charge in [-0.3, -0.25) is 0 Å². The Morgan fingerprint density at radius 3 is 2.40 bits per heavy atom. The number of carbonyl (C=O) groups is 1. The normalized spacial score (nSPS) is 11.5. The lowest BCUT2D eigenvalue weighted by atomic mass is 10.1. The van der Waals surface area contributed by atoms with Crippen LogP contribution in [0, 0.1) is 3.57 Å². The number of hydrogen-bond acceptors (Lipinski definition) is 6. The predicted octanol–water partition coefficient (Wildman–Crippen LogP) is 6.11. The molecule has 0 bridgehead atoms. The molecule has 0 N–H and O–H groups in total. The Morgan fingerprint density at radius 2 is 1.69 bits per heavy atom. The zero-order valence-corrected chi connectivity index (χ0v) is 21.7. The van der Waals surface area contributed by atoms with E-state index < -0.39 is 11.6 Å². The number of esters is 1. The predicted molar refractivity (Wildman–Crippen MR) is 148 cm³/mol. The van der Waals surface area contributed by atoms with Gasteiger partial charge in [-0.05, 0) is 72.3 Å². The Morgan fingerprint density at radius 1 is 0.971 bits per heavy atom. The van der Waals surface area contributed by atoms with Crippen molar-refractivity contribution in [2.75, 3.05) is 18.0 Å². The van der Waals surface area contributed by atoms with Crippen LogP contribution in [0.5, 0.6) is 0 Å². The second-order valence-electron chi connectivity index (χ2n) is 7.82. The summed E-state index contributed by atoms with van der Waals surface area (Å²) in [7, 11) is 0. The molecule has 4 aromatic rings. The molecule has 0 atom stereocenters. The molecular formula is C28H25IN2O4. The van der Waals surface area contributed by atoms with E-state index >= 15 is 0 Å². The number of anilines is 1. The lowest BCUT2D eigenvalue weighted by Crippen LogP contribution is -2.25. The average molecular weight is 580 g/mol. The van der Waals surface area contributed by atoms with Gasteiger partial charge in [-0.1, -0.05) is 42.5 Å². The monoisotopic (exact) mass is 580 g/mol. The number of aliphatic imine (C=N–C) groups is 1. The molecule has 0 saturated carbocycles. The van der Waals surface area contributed by atoms with Crippen LogP contribution in [0.1, 0.15) is 25.0 Å². The first-order chi connectivity index (χ1) is 17.0. The average Bonchev–Trinajstić information content (AvgIpc) is 2.88. The molecule has 1 heterocycles. The van der Waals surface area contributed by atoms with Gasteiger partial charge < -0.3 is 14.1 Å². The molecule has 4 rings (SSSR count). The third kappa shape index (κ3) is 5.79. The van der Waals surface area contributed by atoms with E-state index in [-0.39, 0.29) is 17.9 Å². The second kappa shape index (κ2) is 11.3. The van der Waals surface area contributed by atoms with Crippen LogP contribution in [0.4, 0.5) is 11.4 Å². The summed E-state index contributed by atoms with van der Waals surface area (Å²) in [5.41, 5.74) is 2.15. The molecule has 35 heavy (non-hydrogen) atoms. The number of hydrogen-bond donors (Lipinski definition) is 0. The number of nitrogens with zero attached hydrogens (tertiary/aromatic N) is 2. The van der Waals surface area contributed by atoms with Gasteiger partial charge >= 0.3 is 11.6 Å². The topological polar surface area (TPSA) is 72.1 Å². The van der Waals surface area contributed by atoms with Gasteiger partial charge in [0.15, 0.2) is 5.71 Å². The molecule has 0 spiro atoms. The highest BCUT2D eigenvalue weighted by atomic mass is 127. The molecule has 0 saturated heterocycles. The molecular weight excluding hydrogens is 555 g/mol. The minimum atomic E-state index is -0.695. The Bertz CT molecular complexity index is 1430. The van der Waals surface area contributed by atoms with Gasteiger partial charge in [-0.15, -0.1) is 0 Å². The summed E-state index contributed by atoms with van der Waals surface area (Å²) < 4.78 is 12.0. The molecule has 7 heteroatoms. The molecule has 0 radical (unpaired) electrons. The van der Waals surface area contributed by atoms with E-state index in [0.29, 0.717) is 16.7 Å². The molecule has 6 nitrogen and oxygen atoms in total. The molecule has 0 aliphatic heterocycles. The number of ether oxygens (including phenoxy) is 1. The van der Waals surface area contributed by atoms with E-state index in [1.807, 2.05) is 66.7 Å². The van der Waals surface area contributed by atoms with Crippen molar-refractivity contribution < 1.29 is 13.9 Å². The number of halogens is 1. The van der Waals surface area contributed by atoms with Crippen LogP contribution < -0.4 is 10.5 Å². The third-order valence-electron chi connectivity index (χ3n) is 5.59. The van der Waals surface area contributed by atoms with Crippen LogP contribution in [0.2, 0.25) is 0 Å². The maximum Gasteiger partial charge on any atom is 0.358 e. The van der Waals surface area contributed by atoms with E-state index in [9.17, 15) is 9.59 Å². The second-order valence-corrected chi connectivity index (χ2v) is 8.98. The van der Waals surface area contributed by atoms with Gasteiger partial charge in [0, 0.05) is 33.8 Å². The molecule has 0 amide bonds. The lowest BCUT2D eigenvalue weighted by Gasteiger charge is -2.21. The molecule has 0 fully saturated rings. The van der Waals surface area contributed by atoms with Crippen molar-refractivity contribution in [3.05, 3.63) is 104 Å². The molecule has 0 aliphatic rings. The molecule has 178 valence electrons. The van der Waals surface area contributed by atoms with Gasteiger partial charge in [0.1, 0.15) is 12.2 Å². The highest BCUT2D eigenvalue weighted by molar-refractivity contribution is 14.1. The van der Waals surface area contributed by atoms with Crippen LogP contribution in [0.15, 0.2) is 93.1 Å². The molecule has 0 aliphatic carbocycles. The van der Waals surface area contributed by atoms with Gasteiger partial charge in [0.05, 0.1) is 11.3 Å². The SMILES string of the molecule is CCN(CC)c1ccc2cc(C(=Nc3ccccc3I)C(=O)OCc3ccccc3)c(=O)oc2c1. The van der Waals surface area contributed by atoms with Gasteiger partial charge in [0.2, 0.25) is 0 Å². The van der Waals surface area contributed by atoms with E-state index in [4.69, 9.17) is 9.15 Å². The number of para-hydroxylation sites is 1. The van der Waals surface area contributed by atoms with E-state index in [1.165, 1.54) is 0 Å². The van der Waals surface area contributed by atoms with Gasteiger partial charge in [-0.2, -0.15) is 0 Å². The fourth-order valence-corrected chi connectivity index (χ4v) is 4.23. The molecule has 1 aromatic heterocycles. The van der Waals surface area contributed by atoms with Crippen molar-refractivity contribution in [2.45, 2.75) is 20.5 Å². The highest BCUT2D eigenvalue weighted by Crippen LogP contribution is 2.25. The van der Waals surface area contributed by atoms with Gasteiger partial charge in [0.25, 0.3) is 0 Å². The Balaban J connectivity index is 1.77. The molecule has 0 unspecified atom stereocenters. The smallest absolute Gasteiger partial charge is 0.358 e. The Kier molecular flexibility index (Phi) is 7.97. The van der Waals surface area contributed by atoms with Crippen LogP contribution in [0.3, 0.4) is 0 Å². The molecule has 3 aromatic carbocycles. The fraction of sp³-hybridized carbons (Fsp3) is 0.179. The zero-order chi connectivity index (χ0) is 24.8. The highest BCUT2D eigenvalue weighted by Gasteiger charge is 2.22. The first-order valence-corrected chi connectivity index (χ1v) is 12.5. The maximum absolute atomic E-state index is 13.2. The number of rotatable bonds is 8. The summed E-state index contributed by atoms with van der Waals surface area (Å²) in [5, 5.41) is 0.696. The standard InChI is InChI=1S/C28H25IN2O4/c1-3-31(4-2)21-15-14-20-16-22(27(32)35-25(20)17-21)26(30-24-13-9-8-12-23(24)29)28(33)34-18-19-10-6-5-7-11-19/h5-17H,3-4,18H2,1-2H3. The van der Waals surface area contributed by atoms with Crippen molar-refractivity contribution >= 4 is 56.6 Å². The van der Waals surface area contributed by atoms with E-state index in [1.54, 1.807) is 12.1 Å². The minimum Gasteiger partial charge on any atom is -0.456 e. The summed E-state index contributed by atoms with van der Waals surface area (Å²) >= 11 is 2.14. The van der Waals surface area contributed by atoms with Crippen LogP contribution in [-0.2, 0) is 16.1 Å². The van der Waals surface area contributed by atoms with E-state index in [0.717, 1.165) is 27.9 Å². The van der Waals surface area contributed by atoms with Crippen LogP contribution in [-0.4, -0.2) is 24.8 Å². The summed E-state index contributed by atoms with van der Waals surface area (Å²) in [4.78, 5) is 33.0. The van der Waals surface area contributed by atoms with E-state index in [2.05, 4.69) is 46.3 Å². The van der Waals surface area contributed by atoms with Crippen molar-refractivity contribution in [1.82, 2.24) is 0 Å². The van der Waals surface area contributed by atoms with Crippen molar-refractivity contribution in [1.29, 1.82) is 0 Å². The summed E-state index contributed by atoms with van der Waals surface area (Å²) in [5.74, 6) is -0.695. The number of benzene rings is 3. The number of carbonyl (C=O) groups excluding carboxylic acids is 1. The summed E-state index contributed by atoms with van der Waals surface area (Å²) in [6, 6.07) is 24.1. The zero-order valence-electron chi connectivity index (χ0n) is 19.5. The summed E-state index contributed by atoms with van der Waals surface area (Å²) in [6.07, 6.45) is 0.